The molecule has 2 N–H and O–H groups in total. The topological polar surface area (TPSA) is 66.0 Å². The Morgan fingerprint density at radius 1 is 1.13 bits per heavy atom. The Bertz CT molecular complexity index is 872. The number of nitrogens with one attached hydrogen (secondary N) is 2. The van der Waals surface area contributed by atoms with Crippen LogP contribution in [-0.2, 0) is 4.74 Å². The number of hydrogen-bond donors (Lipinski definition) is 2. The van der Waals surface area contributed by atoms with Gasteiger partial charge in [-0.3, -0.25) is 9.79 Å². The number of aryl methyl sites for hydroxylation is 2. The largest absolute Gasteiger partial charge is 0.370 e. The summed E-state index contributed by atoms with van der Waals surface area (Å²) in [6.07, 6.45) is 0.0320. The van der Waals surface area contributed by atoms with Gasteiger partial charge in [-0.1, -0.05) is 42.0 Å². The van der Waals surface area contributed by atoms with Gasteiger partial charge in [-0.2, -0.15) is 0 Å². The lowest BCUT2D eigenvalue weighted by Crippen LogP contribution is -2.49. The number of hydrogen-bond acceptors (Lipinski definition) is 3. The number of benzene rings is 2. The fourth-order valence-corrected chi connectivity index (χ4v) is 3.55. The van der Waals surface area contributed by atoms with Gasteiger partial charge in [-0.15, -0.1) is 24.0 Å². The van der Waals surface area contributed by atoms with Crippen molar-refractivity contribution in [2.24, 2.45) is 4.99 Å². The zero-order chi connectivity index (χ0) is 20.6. The maximum atomic E-state index is 12.2. The van der Waals surface area contributed by atoms with Crippen LogP contribution in [0, 0.1) is 13.8 Å². The van der Waals surface area contributed by atoms with E-state index < -0.39 is 0 Å². The predicted molar refractivity (Wildman–Crippen MR) is 132 cm³/mol. The Hall–Kier alpha value is -2.13. The molecule has 6 nitrogen and oxygen atoms in total. The van der Waals surface area contributed by atoms with E-state index in [1.165, 1.54) is 11.1 Å². The quantitative estimate of drug-likeness (QED) is 0.274. The van der Waals surface area contributed by atoms with E-state index in [2.05, 4.69) is 45.6 Å². The lowest BCUT2D eigenvalue weighted by Gasteiger charge is -2.35. The van der Waals surface area contributed by atoms with Crippen molar-refractivity contribution in [2.45, 2.75) is 20.0 Å². The van der Waals surface area contributed by atoms with Crippen molar-refractivity contribution in [1.82, 2.24) is 15.5 Å². The van der Waals surface area contributed by atoms with Gasteiger partial charge in [0.1, 0.15) is 6.10 Å². The molecule has 2 aromatic rings. The first-order valence-electron chi connectivity index (χ1n) is 10.1. The van der Waals surface area contributed by atoms with Crippen molar-refractivity contribution in [3.8, 4) is 0 Å². The average molecular weight is 522 g/mol. The van der Waals surface area contributed by atoms with Gasteiger partial charge in [0.25, 0.3) is 5.91 Å². The number of amides is 1. The molecule has 3 rings (SSSR count). The summed E-state index contributed by atoms with van der Waals surface area (Å²) in [7, 11) is 1.78. The molecule has 2 aromatic carbocycles. The molecule has 1 aliphatic heterocycles. The lowest BCUT2D eigenvalue weighted by atomic mass is 10.0. The van der Waals surface area contributed by atoms with Crippen molar-refractivity contribution in [2.75, 3.05) is 39.8 Å². The number of guanidine groups is 1. The Morgan fingerprint density at radius 2 is 1.90 bits per heavy atom. The van der Waals surface area contributed by atoms with Crippen LogP contribution in [0.2, 0.25) is 0 Å². The van der Waals surface area contributed by atoms with Gasteiger partial charge < -0.3 is 20.3 Å². The first-order chi connectivity index (χ1) is 14.1. The monoisotopic (exact) mass is 522 g/mol. The van der Waals surface area contributed by atoms with Crippen LogP contribution in [0.25, 0.3) is 0 Å². The zero-order valence-corrected chi connectivity index (χ0v) is 20.2. The molecule has 1 aliphatic rings. The summed E-state index contributed by atoms with van der Waals surface area (Å²) < 4.78 is 6.00. The molecule has 1 saturated heterocycles. The molecule has 0 spiro atoms. The molecule has 0 saturated carbocycles. The van der Waals surface area contributed by atoms with Gasteiger partial charge in [-0.05, 0) is 37.1 Å². The molecule has 0 bridgehead atoms. The van der Waals surface area contributed by atoms with E-state index in [1.807, 2.05) is 37.3 Å². The minimum atomic E-state index is -0.0588. The summed E-state index contributed by atoms with van der Waals surface area (Å²) in [5, 5.41) is 6.30. The predicted octanol–water partition coefficient (Wildman–Crippen LogP) is 3.30. The number of rotatable bonds is 5. The van der Waals surface area contributed by atoms with Crippen molar-refractivity contribution >= 4 is 35.8 Å². The SMILES string of the molecule is CN=C(NCCNC(=O)c1cccc(C)c1)N1CCOC(c2ccccc2C)C1.I. The first kappa shape index (κ1) is 24.1. The van der Waals surface area contributed by atoms with Gasteiger partial charge in [0, 0.05) is 32.2 Å². The second kappa shape index (κ2) is 11.9. The number of halogens is 1. The van der Waals surface area contributed by atoms with Crippen LogP contribution in [0.4, 0.5) is 0 Å². The summed E-state index contributed by atoms with van der Waals surface area (Å²) in [4.78, 5) is 18.9. The summed E-state index contributed by atoms with van der Waals surface area (Å²) in [5.41, 5.74) is 4.22. The van der Waals surface area contributed by atoms with Crippen molar-refractivity contribution in [3.05, 3.63) is 70.8 Å². The number of aliphatic imine (C=N–C) groups is 1. The third kappa shape index (κ3) is 6.43. The third-order valence-corrected chi connectivity index (χ3v) is 5.09. The fraction of sp³-hybridized carbons (Fsp3) is 0.391. The molecular formula is C23H31IN4O2. The molecular weight excluding hydrogens is 491 g/mol. The molecule has 1 atom stereocenters. The van der Waals surface area contributed by atoms with E-state index in [0.717, 1.165) is 24.6 Å². The van der Waals surface area contributed by atoms with E-state index >= 15 is 0 Å². The van der Waals surface area contributed by atoms with Crippen LogP contribution in [-0.4, -0.2) is 56.6 Å². The summed E-state index contributed by atoms with van der Waals surface area (Å²) in [6.45, 7) is 7.42. The van der Waals surface area contributed by atoms with Gasteiger partial charge in [0.15, 0.2) is 5.96 Å². The van der Waals surface area contributed by atoms with Crippen molar-refractivity contribution in [3.63, 3.8) is 0 Å². The molecule has 1 amide bonds. The number of carbonyl (C=O) groups excluding carboxylic acids is 1. The van der Waals surface area contributed by atoms with Crippen LogP contribution >= 0.6 is 24.0 Å². The van der Waals surface area contributed by atoms with E-state index in [4.69, 9.17) is 4.74 Å². The van der Waals surface area contributed by atoms with Gasteiger partial charge >= 0.3 is 0 Å². The van der Waals surface area contributed by atoms with E-state index in [0.29, 0.717) is 25.3 Å². The first-order valence-corrected chi connectivity index (χ1v) is 10.1. The van der Waals surface area contributed by atoms with Crippen LogP contribution in [0.15, 0.2) is 53.5 Å². The minimum absolute atomic E-state index is 0. The van der Waals surface area contributed by atoms with Crippen LogP contribution in [0.1, 0.15) is 33.2 Å². The Balaban J connectivity index is 0.00000320. The van der Waals surface area contributed by atoms with E-state index in [1.54, 1.807) is 7.05 Å². The molecule has 0 radical (unpaired) electrons. The van der Waals surface area contributed by atoms with Gasteiger partial charge in [-0.25, -0.2) is 0 Å². The van der Waals surface area contributed by atoms with Crippen LogP contribution in [0.3, 0.4) is 0 Å². The number of nitrogens with zero attached hydrogens (tertiary/aromatic N) is 2. The highest BCUT2D eigenvalue weighted by molar-refractivity contribution is 14.0. The summed E-state index contributed by atoms with van der Waals surface area (Å²) >= 11 is 0. The molecule has 0 aromatic heterocycles. The second-order valence-electron chi connectivity index (χ2n) is 7.26. The molecule has 0 aliphatic carbocycles. The van der Waals surface area contributed by atoms with Crippen LogP contribution < -0.4 is 10.6 Å². The highest BCUT2D eigenvalue weighted by atomic mass is 127. The average Bonchev–Trinajstić information content (AvgIpc) is 2.74. The Morgan fingerprint density at radius 3 is 2.63 bits per heavy atom. The smallest absolute Gasteiger partial charge is 0.251 e. The maximum Gasteiger partial charge on any atom is 0.251 e. The molecule has 1 unspecified atom stereocenters. The van der Waals surface area contributed by atoms with E-state index in [-0.39, 0.29) is 36.0 Å². The van der Waals surface area contributed by atoms with Gasteiger partial charge in [0.05, 0.1) is 13.2 Å². The lowest BCUT2D eigenvalue weighted by molar-refractivity contribution is -0.00829. The van der Waals surface area contributed by atoms with Crippen molar-refractivity contribution < 1.29 is 9.53 Å². The van der Waals surface area contributed by atoms with Gasteiger partial charge in [0.2, 0.25) is 0 Å². The number of ether oxygens (including phenoxy) is 1. The van der Waals surface area contributed by atoms with Crippen molar-refractivity contribution in [1.29, 1.82) is 0 Å². The standard InChI is InChI=1S/C23H30N4O2.HI/c1-17-7-6-9-19(15-17)22(28)25-11-12-26-23(24-3)27-13-14-29-21(16-27)20-10-5-4-8-18(20)2;/h4-10,15,21H,11-14,16H2,1-3H3,(H,24,26)(H,25,28);1H. The zero-order valence-electron chi connectivity index (χ0n) is 17.9. The minimum Gasteiger partial charge on any atom is -0.370 e. The molecule has 1 fully saturated rings. The fourth-order valence-electron chi connectivity index (χ4n) is 3.55. The third-order valence-electron chi connectivity index (χ3n) is 5.09. The number of carbonyl (C=O) groups is 1. The highest BCUT2D eigenvalue weighted by Gasteiger charge is 2.25. The molecule has 7 heteroatoms. The summed E-state index contributed by atoms with van der Waals surface area (Å²) in [5.74, 6) is 0.771. The Labute approximate surface area is 196 Å². The normalized spacial score (nSPS) is 16.6. The van der Waals surface area contributed by atoms with Crippen LogP contribution in [0.5, 0.6) is 0 Å². The second-order valence-corrected chi connectivity index (χ2v) is 7.26. The van der Waals surface area contributed by atoms with E-state index in [9.17, 15) is 4.79 Å². The number of morpholine rings is 1. The highest BCUT2D eigenvalue weighted by Crippen LogP contribution is 2.24. The molecule has 1 heterocycles. The molecule has 162 valence electrons. The maximum absolute atomic E-state index is 12.2. The molecule has 30 heavy (non-hydrogen) atoms. The summed E-state index contributed by atoms with van der Waals surface area (Å²) in [6, 6.07) is 15.9. The Kier molecular flexibility index (Phi) is 9.58.